The van der Waals surface area contributed by atoms with E-state index in [1.165, 1.54) is 36.1 Å². The van der Waals surface area contributed by atoms with Crippen molar-refractivity contribution in [2.75, 3.05) is 0 Å². The predicted octanol–water partition coefficient (Wildman–Crippen LogP) is 5.34. The van der Waals surface area contributed by atoms with E-state index < -0.39 is 5.82 Å². The van der Waals surface area contributed by atoms with E-state index in [4.69, 9.17) is 11.6 Å². The molecule has 0 radical (unpaired) electrons. The Kier molecular flexibility index (Phi) is 5.70. The van der Waals surface area contributed by atoms with Crippen molar-refractivity contribution >= 4 is 22.9 Å². The smallest absolute Gasteiger partial charge is 0.217 e. The summed E-state index contributed by atoms with van der Waals surface area (Å²) in [4.78, 5) is 5.74. The van der Waals surface area contributed by atoms with Gasteiger partial charge in [0, 0.05) is 23.7 Å². The molecule has 4 heterocycles. The molecule has 38 heavy (non-hydrogen) atoms. The molecule has 4 aromatic heterocycles. The minimum atomic E-state index is -0.644. The van der Waals surface area contributed by atoms with E-state index in [-0.39, 0.29) is 16.6 Å². The second-order valence-corrected chi connectivity index (χ2v) is 11.2. The predicted molar refractivity (Wildman–Crippen MR) is 139 cm³/mol. The van der Waals surface area contributed by atoms with E-state index in [1.807, 2.05) is 22.6 Å². The summed E-state index contributed by atoms with van der Waals surface area (Å²) in [5.74, 6) is 0.451. The summed E-state index contributed by atoms with van der Waals surface area (Å²) in [6.45, 7) is 0. The molecule has 2 aliphatic rings. The lowest BCUT2D eigenvalue weighted by molar-refractivity contribution is -0.615. The molecule has 1 aromatic carbocycles. The number of halogens is 2. The third-order valence-corrected chi connectivity index (χ3v) is 8.42. The zero-order valence-corrected chi connectivity index (χ0v) is 21.7. The Bertz CT molecular complexity index is 1630. The molecule has 2 fully saturated rings. The number of pyridine rings is 1. The van der Waals surface area contributed by atoms with Crippen molar-refractivity contribution in [2.45, 2.75) is 44.1 Å². The van der Waals surface area contributed by atoms with Crippen LogP contribution in [0.15, 0.2) is 54.7 Å². The Labute approximate surface area is 226 Å². The highest BCUT2D eigenvalue weighted by Gasteiger charge is 2.33. The van der Waals surface area contributed by atoms with Crippen LogP contribution >= 0.6 is 22.9 Å². The van der Waals surface area contributed by atoms with Crippen LogP contribution < -0.4 is 4.73 Å². The van der Waals surface area contributed by atoms with Crippen LogP contribution in [-0.2, 0) is 0 Å². The Morgan fingerprint density at radius 2 is 2.03 bits per heavy atom. The quantitative estimate of drug-likeness (QED) is 0.191. The zero-order chi connectivity index (χ0) is 25.8. The molecule has 1 unspecified atom stereocenters. The molecule has 0 aliphatic heterocycles. The normalized spacial score (nSPS) is 16.2. The van der Waals surface area contributed by atoms with E-state index in [9.17, 15) is 5.21 Å². The zero-order valence-electron chi connectivity index (χ0n) is 20.1. The summed E-state index contributed by atoms with van der Waals surface area (Å²) in [7, 11) is 0. The number of hydrogen-bond donors (Lipinski definition) is 0. The second-order valence-electron chi connectivity index (χ2n) is 9.92. The molecule has 9 nitrogen and oxygen atoms in total. The maximum atomic E-state index is 15.3. The molecule has 2 saturated carbocycles. The number of aromatic nitrogens is 8. The Morgan fingerprint density at radius 3 is 2.76 bits per heavy atom. The van der Waals surface area contributed by atoms with Gasteiger partial charge in [0.1, 0.15) is 12.4 Å². The number of hydrogen-bond acceptors (Lipinski definition) is 7. The first kappa shape index (κ1) is 23.4. The largest absolute Gasteiger partial charge is 0.618 e. The highest BCUT2D eigenvalue weighted by Crippen LogP contribution is 2.45. The van der Waals surface area contributed by atoms with Gasteiger partial charge in [-0.15, -0.1) is 16.4 Å². The van der Waals surface area contributed by atoms with Crippen LogP contribution in [-0.4, -0.2) is 35.0 Å². The molecule has 0 amide bonds. The van der Waals surface area contributed by atoms with E-state index in [1.54, 1.807) is 29.5 Å². The molecule has 0 spiro atoms. The van der Waals surface area contributed by atoms with Crippen molar-refractivity contribution in [1.29, 1.82) is 0 Å². The number of benzene rings is 1. The Hall–Kier alpha value is -3.70. The molecule has 0 saturated heterocycles. The van der Waals surface area contributed by atoms with Crippen molar-refractivity contribution in [2.24, 2.45) is 5.92 Å². The minimum absolute atomic E-state index is 0.0531. The molecular weight excluding hydrogens is 527 g/mol. The summed E-state index contributed by atoms with van der Waals surface area (Å²) >= 11 is 7.74. The molecule has 7 rings (SSSR count). The molecule has 5 aromatic rings. The topological polar surface area (TPSA) is 101 Å². The van der Waals surface area contributed by atoms with Crippen LogP contribution in [0.3, 0.4) is 0 Å². The summed E-state index contributed by atoms with van der Waals surface area (Å²) in [5, 5.41) is 29.3. The Morgan fingerprint density at radius 1 is 1.16 bits per heavy atom. The van der Waals surface area contributed by atoms with Gasteiger partial charge in [-0.1, -0.05) is 24.4 Å². The molecule has 12 heteroatoms. The summed E-state index contributed by atoms with van der Waals surface area (Å²) in [5.41, 5.74) is 5.53. The van der Waals surface area contributed by atoms with E-state index >= 15 is 4.39 Å². The van der Waals surface area contributed by atoms with Crippen molar-refractivity contribution in [3.63, 3.8) is 0 Å². The number of rotatable bonds is 8. The molecule has 1 atom stereocenters. The van der Waals surface area contributed by atoms with Gasteiger partial charge in [-0.05, 0) is 53.8 Å². The van der Waals surface area contributed by atoms with Crippen LogP contribution in [0.5, 0.6) is 0 Å². The van der Waals surface area contributed by atoms with Gasteiger partial charge < -0.3 is 5.21 Å². The average Bonchev–Trinajstić information content (AvgIpc) is 3.73. The Balaban J connectivity index is 1.27. The van der Waals surface area contributed by atoms with Crippen molar-refractivity contribution in [3.8, 4) is 27.3 Å². The first-order valence-electron chi connectivity index (χ1n) is 12.5. The van der Waals surface area contributed by atoms with Crippen LogP contribution in [0.4, 0.5) is 4.39 Å². The lowest BCUT2D eigenvalue weighted by Crippen LogP contribution is -2.35. The molecule has 2 aliphatic carbocycles. The van der Waals surface area contributed by atoms with Crippen LogP contribution in [0.2, 0.25) is 5.02 Å². The number of thiazole rings is 1. The first-order chi connectivity index (χ1) is 18.6. The number of nitrogens with zero attached hydrogens (tertiary/aromatic N) is 8. The third kappa shape index (κ3) is 4.25. The fourth-order valence-corrected chi connectivity index (χ4v) is 5.96. The monoisotopic (exact) mass is 548 g/mol. The highest BCUT2D eigenvalue weighted by atomic mass is 35.5. The van der Waals surface area contributed by atoms with Crippen molar-refractivity contribution < 1.29 is 9.12 Å². The maximum absolute atomic E-state index is 15.3. The van der Waals surface area contributed by atoms with Crippen LogP contribution in [0.1, 0.15) is 55.5 Å². The van der Waals surface area contributed by atoms with Crippen LogP contribution in [0, 0.1) is 16.9 Å². The molecular formula is C26H22ClFN8OS. The number of tetrazole rings is 1. The fraction of sp³-hybridized carbons (Fsp3) is 0.308. The van der Waals surface area contributed by atoms with Gasteiger partial charge in [0.25, 0.3) is 0 Å². The van der Waals surface area contributed by atoms with Gasteiger partial charge in [-0.25, -0.2) is 9.37 Å². The van der Waals surface area contributed by atoms with Crippen LogP contribution in [0.25, 0.3) is 27.3 Å². The van der Waals surface area contributed by atoms with Gasteiger partial charge in [-0.2, -0.15) is 14.5 Å². The second kappa shape index (κ2) is 9.25. The van der Waals surface area contributed by atoms with E-state index in [2.05, 4.69) is 25.6 Å². The van der Waals surface area contributed by atoms with Crippen molar-refractivity contribution in [1.82, 2.24) is 35.0 Å². The van der Waals surface area contributed by atoms with Gasteiger partial charge >= 0.3 is 0 Å². The lowest BCUT2D eigenvalue weighted by atomic mass is 10.0. The van der Waals surface area contributed by atoms with E-state index in [0.29, 0.717) is 28.8 Å². The van der Waals surface area contributed by atoms with Gasteiger partial charge in [0.15, 0.2) is 12.0 Å². The van der Waals surface area contributed by atoms with Crippen molar-refractivity contribution in [3.05, 3.63) is 82.1 Å². The standard InChI is InChI=1S/C26H22ClFN8OS/c27-19-6-8-21(35-13-30-32-33-35)23(24(19)28)17-5-7-20(36(37)12-17)22(9-15-1-2-15)34-11-18(10-31-34)26-25(16-3-4-16)29-14-38-26/h5-8,10-16,22H,1-4,9H2. The maximum Gasteiger partial charge on any atom is 0.217 e. The lowest BCUT2D eigenvalue weighted by Gasteiger charge is -2.18. The average molecular weight is 549 g/mol. The fourth-order valence-electron chi connectivity index (χ4n) is 4.95. The summed E-state index contributed by atoms with van der Waals surface area (Å²) < 4.78 is 19.3. The highest BCUT2D eigenvalue weighted by molar-refractivity contribution is 7.13. The SMILES string of the molecule is [O-][n+]1cc(-c2c(-n3cnnn3)ccc(Cl)c2F)ccc1C(CC1CC1)n1cc(-c2scnc2C2CC2)cn1. The first-order valence-corrected chi connectivity index (χ1v) is 13.8. The molecule has 0 N–H and O–H groups in total. The van der Waals surface area contributed by atoms with E-state index in [0.717, 1.165) is 40.1 Å². The minimum Gasteiger partial charge on any atom is -0.618 e. The summed E-state index contributed by atoms with van der Waals surface area (Å²) in [6, 6.07) is 6.31. The molecule has 0 bridgehead atoms. The third-order valence-electron chi connectivity index (χ3n) is 7.24. The van der Waals surface area contributed by atoms with Gasteiger partial charge in [0.2, 0.25) is 5.69 Å². The summed E-state index contributed by atoms with van der Waals surface area (Å²) in [6.07, 6.45) is 12.1. The molecule has 192 valence electrons. The van der Waals surface area contributed by atoms with Gasteiger partial charge in [-0.3, -0.25) is 4.68 Å². The van der Waals surface area contributed by atoms with Gasteiger partial charge in [0.05, 0.1) is 44.1 Å².